The van der Waals surface area contributed by atoms with E-state index in [-0.39, 0.29) is 0 Å². The lowest BCUT2D eigenvalue weighted by Crippen LogP contribution is -2.35. The largest absolute Gasteiger partial charge is 0.312 e. The summed E-state index contributed by atoms with van der Waals surface area (Å²) in [7, 11) is 2.22. The van der Waals surface area contributed by atoms with Gasteiger partial charge in [-0.25, -0.2) is 0 Å². The Bertz CT molecular complexity index is 224. The van der Waals surface area contributed by atoms with Gasteiger partial charge >= 0.3 is 0 Å². The summed E-state index contributed by atoms with van der Waals surface area (Å²) in [5.74, 6) is 1.89. The highest BCUT2D eigenvalue weighted by molar-refractivity contribution is 4.73. The first-order valence-corrected chi connectivity index (χ1v) is 8.93. The highest BCUT2D eigenvalue weighted by Crippen LogP contribution is 2.23. The molecule has 0 unspecified atom stereocenters. The van der Waals surface area contributed by atoms with Crippen LogP contribution in [0.5, 0.6) is 0 Å². The van der Waals surface area contributed by atoms with Crippen LogP contribution >= 0.6 is 0 Å². The lowest BCUT2D eigenvalue weighted by atomic mass is 9.87. The average Bonchev–Trinajstić information content (AvgIpc) is 2.40. The first-order valence-electron chi connectivity index (χ1n) is 8.93. The molecule has 0 bridgehead atoms. The minimum absolute atomic E-state index is 0.670. The fraction of sp³-hybridized carbons (Fsp3) is 1.00. The van der Waals surface area contributed by atoms with Crippen molar-refractivity contribution in [3.8, 4) is 0 Å². The molecule has 0 atom stereocenters. The summed E-state index contributed by atoms with van der Waals surface area (Å²) in [5, 5.41) is 3.58. The van der Waals surface area contributed by atoms with E-state index in [0.29, 0.717) is 6.04 Å². The number of piperidine rings is 1. The van der Waals surface area contributed by atoms with E-state index in [1.165, 1.54) is 58.0 Å². The van der Waals surface area contributed by atoms with Crippen LogP contribution in [0.25, 0.3) is 0 Å². The van der Waals surface area contributed by atoms with Crippen LogP contribution in [0, 0.1) is 11.8 Å². The third-order valence-corrected chi connectivity index (χ3v) is 4.88. The Hall–Kier alpha value is -0.0800. The summed E-state index contributed by atoms with van der Waals surface area (Å²) in [6, 6.07) is 1.50. The number of rotatable bonds is 3. The van der Waals surface area contributed by atoms with Crippen LogP contribution in [0.3, 0.4) is 0 Å². The minimum atomic E-state index is 0.670. The van der Waals surface area contributed by atoms with Gasteiger partial charge in [0.2, 0.25) is 0 Å². The van der Waals surface area contributed by atoms with Gasteiger partial charge in [-0.15, -0.1) is 0 Å². The van der Waals surface area contributed by atoms with Crippen LogP contribution in [0.15, 0.2) is 0 Å². The molecule has 2 aliphatic rings. The first kappa shape index (κ1) is 18.0. The zero-order valence-electron chi connectivity index (χ0n) is 14.6. The molecule has 1 aliphatic carbocycles. The molecule has 0 spiro atoms. The lowest BCUT2D eigenvalue weighted by molar-refractivity contribution is 0.185. The molecule has 1 saturated heterocycles. The fourth-order valence-electron chi connectivity index (χ4n) is 3.44. The van der Waals surface area contributed by atoms with Crippen molar-refractivity contribution in [2.24, 2.45) is 11.8 Å². The van der Waals surface area contributed by atoms with Crippen molar-refractivity contribution < 1.29 is 0 Å². The van der Waals surface area contributed by atoms with Crippen LogP contribution in [-0.4, -0.2) is 37.1 Å². The number of nitrogens with zero attached hydrogens (tertiary/aromatic N) is 1. The second-order valence-corrected chi connectivity index (χ2v) is 7.54. The van der Waals surface area contributed by atoms with Gasteiger partial charge in [-0.3, -0.25) is 0 Å². The summed E-state index contributed by atoms with van der Waals surface area (Å²) >= 11 is 0. The van der Waals surface area contributed by atoms with Crippen molar-refractivity contribution in [1.82, 2.24) is 10.2 Å². The molecule has 2 fully saturated rings. The SMILES string of the molecule is CC(C)C1CCN(C)CC1.CC(C)NC1CCCCC1. The van der Waals surface area contributed by atoms with E-state index in [1.54, 1.807) is 0 Å². The quantitative estimate of drug-likeness (QED) is 0.830. The van der Waals surface area contributed by atoms with E-state index in [9.17, 15) is 0 Å². The molecule has 1 N–H and O–H groups in total. The highest BCUT2D eigenvalue weighted by atomic mass is 15.1. The highest BCUT2D eigenvalue weighted by Gasteiger charge is 2.18. The number of nitrogens with one attached hydrogen (secondary N) is 1. The molecular formula is C18H38N2. The molecule has 2 heteroatoms. The van der Waals surface area contributed by atoms with Crippen molar-refractivity contribution >= 4 is 0 Å². The van der Waals surface area contributed by atoms with E-state index in [2.05, 4.69) is 45.0 Å². The number of likely N-dealkylation sites (tertiary alicyclic amines) is 1. The summed E-state index contributed by atoms with van der Waals surface area (Å²) in [5.41, 5.74) is 0. The zero-order chi connectivity index (χ0) is 15.0. The maximum atomic E-state index is 3.58. The molecule has 0 radical (unpaired) electrons. The zero-order valence-corrected chi connectivity index (χ0v) is 14.6. The summed E-state index contributed by atoms with van der Waals surface area (Å²) in [6.45, 7) is 11.8. The van der Waals surface area contributed by atoms with E-state index in [1.807, 2.05) is 0 Å². The van der Waals surface area contributed by atoms with Crippen molar-refractivity contribution in [2.45, 2.75) is 84.7 Å². The standard InChI is InChI=1S/2C9H19N/c1-8(2)9-4-6-10(3)7-5-9;1-8(2)10-9-6-4-3-5-7-9/h8-9H,4-7H2,1-3H3;8-10H,3-7H2,1-2H3. The molecule has 0 amide bonds. The van der Waals surface area contributed by atoms with Gasteiger partial charge in [0.15, 0.2) is 0 Å². The number of hydrogen-bond donors (Lipinski definition) is 1. The minimum Gasteiger partial charge on any atom is -0.312 e. The van der Waals surface area contributed by atoms with Crippen molar-refractivity contribution in [2.75, 3.05) is 20.1 Å². The van der Waals surface area contributed by atoms with Gasteiger partial charge < -0.3 is 10.2 Å². The summed E-state index contributed by atoms with van der Waals surface area (Å²) in [6.07, 6.45) is 9.95. The monoisotopic (exact) mass is 282 g/mol. The Morgan fingerprint density at radius 3 is 1.85 bits per heavy atom. The van der Waals surface area contributed by atoms with Gasteiger partial charge in [0.1, 0.15) is 0 Å². The van der Waals surface area contributed by atoms with E-state index < -0.39 is 0 Å². The number of hydrogen-bond acceptors (Lipinski definition) is 2. The van der Waals surface area contributed by atoms with Gasteiger partial charge in [0.05, 0.1) is 0 Å². The molecule has 2 nitrogen and oxygen atoms in total. The van der Waals surface area contributed by atoms with Crippen molar-refractivity contribution in [1.29, 1.82) is 0 Å². The predicted octanol–water partition coefficient (Wildman–Crippen LogP) is 4.30. The molecule has 1 heterocycles. The predicted molar refractivity (Wildman–Crippen MR) is 90.2 cm³/mol. The molecule has 120 valence electrons. The molecule has 0 aromatic carbocycles. The third-order valence-electron chi connectivity index (χ3n) is 4.88. The van der Waals surface area contributed by atoms with Gasteiger partial charge in [0.25, 0.3) is 0 Å². The molecule has 1 aliphatic heterocycles. The van der Waals surface area contributed by atoms with E-state index in [0.717, 1.165) is 17.9 Å². The van der Waals surface area contributed by atoms with Crippen LogP contribution in [0.4, 0.5) is 0 Å². The Morgan fingerprint density at radius 2 is 1.40 bits per heavy atom. The maximum Gasteiger partial charge on any atom is 0.00694 e. The van der Waals surface area contributed by atoms with Gasteiger partial charge in [-0.05, 0) is 57.7 Å². The molecular weight excluding hydrogens is 244 g/mol. The Kier molecular flexibility index (Phi) is 8.79. The smallest absolute Gasteiger partial charge is 0.00694 e. The first-order chi connectivity index (χ1) is 9.49. The fourth-order valence-corrected chi connectivity index (χ4v) is 3.44. The van der Waals surface area contributed by atoms with Crippen LogP contribution < -0.4 is 5.32 Å². The molecule has 1 saturated carbocycles. The second-order valence-electron chi connectivity index (χ2n) is 7.54. The summed E-state index contributed by atoms with van der Waals surface area (Å²) in [4.78, 5) is 2.43. The topological polar surface area (TPSA) is 15.3 Å². The van der Waals surface area contributed by atoms with Gasteiger partial charge in [0, 0.05) is 12.1 Å². The third kappa shape index (κ3) is 7.64. The maximum absolute atomic E-state index is 3.58. The normalized spacial score (nSPS) is 22.9. The molecule has 2 rings (SSSR count). The van der Waals surface area contributed by atoms with Gasteiger partial charge in [-0.1, -0.05) is 47.0 Å². The Labute approximate surface area is 127 Å². The van der Waals surface area contributed by atoms with Crippen molar-refractivity contribution in [3.63, 3.8) is 0 Å². The van der Waals surface area contributed by atoms with E-state index >= 15 is 0 Å². The average molecular weight is 283 g/mol. The van der Waals surface area contributed by atoms with Crippen LogP contribution in [0.2, 0.25) is 0 Å². The van der Waals surface area contributed by atoms with Crippen LogP contribution in [-0.2, 0) is 0 Å². The van der Waals surface area contributed by atoms with Crippen molar-refractivity contribution in [3.05, 3.63) is 0 Å². The Morgan fingerprint density at radius 1 is 0.850 bits per heavy atom. The Balaban J connectivity index is 0.000000200. The second kappa shape index (κ2) is 9.78. The summed E-state index contributed by atoms with van der Waals surface area (Å²) < 4.78 is 0. The molecule has 0 aromatic rings. The van der Waals surface area contributed by atoms with Gasteiger partial charge in [-0.2, -0.15) is 0 Å². The van der Waals surface area contributed by atoms with Crippen LogP contribution in [0.1, 0.15) is 72.6 Å². The molecule has 20 heavy (non-hydrogen) atoms. The van der Waals surface area contributed by atoms with E-state index in [4.69, 9.17) is 0 Å². The molecule has 0 aromatic heterocycles. The lowest BCUT2D eigenvalue weighted by Gasteiger charge is -2.31.